The summed E-state index contributed by atoms with van der Waals surface area (Å²) in [5, 5.41) is 11.1. The van der Waals surface area contributed by atoms with Crippen LogP contribution in [0.1, 0.15) is 57.3 Å². The molecular weight excluding hydrogens is 312 g/mol. The largest absolute Gasteiger partial charge is 0.550 e. The van der Waals surface area contributed by atoms with Crippen LogP contribution in [-0.4, -0.2) is 10.5 Å². The summed E-state index contributed by atoms with van der Waals surface area (Å²) in [6.45, 7) is 5.22. The molecule has 0 saturated heterocycles. The van der Waals surface area contributed by atoms with Crippen LogP contribution in [0.4, 0.5) is 0 Å². The number of aliphatic carboxylic acids is 1. The molecule has 0 aliphatic rings. The highest BCUT2D eigenvalue weighted by molar-refractivity contribution is 5.66. The van der Waals surface area contributed by atoms with Crippen LogP contribution in [0.25, 0.3) is 0 Å². The van der Waals surface area contributed by atoms with E-state index >= 15 is 0 Å². The van der Waals surface area contributed by atoms with E-state index in [1.54, 1.807) is 6.92 Å². The molecule has 0 radical (unpaired) electrons. The van der Waals surface area contributed by atoms with Crippen LogP contribution in [0.2, 0.25) is 0 Å². The molecule has 0 aliphatic heterocycles. The molecule has 4 nitrogen and oxygen atoms in total. The van der Waals surface area contributed by atoms with Crippen molar-refractivity contribution in [2.24, 2.45) is 5.92 Å². The Kier molecular flexibility index (Phi) is 7.71. The van der Waals surface area contributed by atoms with Gasteiger partial charge in [0.1, 0.15) is 18.9 Å². The molecule has 1 heterocycles. The zero-order valence-electron chi connectivity index (χ0n) is 15.5. The van der Waals surface area contributed by atoms with Crippen LogP contribution < -0.4 is 9.67 Å². The number of aromatic nitrogens is 2. The normalized spacial score (nSPS) is 12.2. The molecule has 2 aromatic rings. The lowest BCUT2D eigenvalue weighted by Gasteiger charge is -2.12. The number of nitrogens with zero attached hydrogens (tertiary/aromatic N) is 2. The molecule has 0 fully saturated rings. The topological polar surface area (TPSA) is 48.9 Å². The van der Waals surface area contributed by atoms with E-state index in [-0.39, 0.29) is 0 Å². The van der Waals surface area contributed by atoms with E-state index < -0.39 is 11.9 Å². The van der Waals surface area contributed by atoms with Crippen molar-refractivity contribution >= 4 is 5.97 Å². The van der Waals surface area contributed by atoms with Gasteiger partial charge in [-0.3, -0.25) is 0 Å². The van der Waals surface area contributed by atoms with Crippen molar-refractivity contribution in [3.63, 3.8) is 0 Å². The molecule has 0 aliphatic carbocycles. The summed E-state index contributed by atoms with van der Waals surface area (Å²) in [5.74, 6) is -0.276. The fourth-order valence-electron chi connectivity index (χ4n) is 3.13. The molecule has 0 bridgehead atoms. The predicted molar refractivity (Wildman–Crippen MR) is 96.8 cm³/mol. The van der Waals surface area contributed by atoms with Gasteiger partial charge in [0.05, 0.1) is 6.54 Å². The zero-order chi connectivity index (χ0) is 18.1. The van der Waals surface area contributed by atoms with E-state index in [4.69, 9.17) is 0 Å². The minimum absolute atomic E-state index is 0.467. The van der Waals surface area contributed by atoms with Gasteiger partial charge < -0.3 is 9.90 Å². The molecule has 1 unspecified atom stereocenters. The summed E-state index contributed by atoms with van der Waals surface area (Å²) in [5.41, 5.74) is 1.26. The van der Waals surface area contributed by atoms with Crippen LogP contribution in [0, 0.1) is 5.92 Å². The van der Waals surface area contributed by atoms with E-state index in [9.17, 15) is 9.90 Å². The molecule has 25 heavy (non-hydrogen) atoms. The Balaban J connectivity index is 2.10. The van der Waals surface area contributed by atoms with E-state index in [2.05, 4.69) is 46.5 Å². The first kappa shape index (κ1) is 19.2. The lowest BCUT2D eigenvalue weighted by atomic mass is 10.1. The van der Waals surface area contributed by atoms with Crippen LogP contribution in [0.5, 0.6) is 0 Å². The van der Waals surface area contributed by atoms with Gasteiger partial charge in [-0.25, -0.2) is 9.13 Å². The maximum Gasteiger partial charge on any atom is 0.256 e. The summed E-state index contributed by atoms with van der Waals surface area (Å²) < 4.78 is 4.33. The van der Waals surface area contributed by atoms with Crippen LogP contribution in [-0.2, 0) is 24.3 Å². The molecule has 1 atom stereocenters. The van der Waals surface area contributed by atoms with Crippen molar-refractivity contribution in [1.29, 1.82) is 0 Å². The maximum absolute atomic E-state index is 11.1. The number of carboxylic acids is 1. The predicted octanol–water partition coefficient (Wildman–Crippen LogP) is 2.72. The quantitative estimate of drug-likeness (QED) is 0.466. The highest BCUT2D eigenvalue weighted by Crippen LogP contribution is 2.10. The lowest BCUT2D eigenvalue weighted by Crippen LogP contribution is -2.39. The number of imidazole rings is 1. The average molecular weight is 342 g/mol. The lowest BCUT2D eigenvalue weighted by molar-refractivity contribution is -0.695. The van der Waals surface area contributed by atoms with Crippen LogP contribution in [0.15, 0.2) is 42.7 Å². The Morgan fingerprint density at radius 1 is 1.16 bits per heavy atom. The summed E-state index contributed by atoms with van der Waals surface area (Å²) in [4.78, 5) is 11.1. The maximum atomic E-state index is 11.1. The fourth-order valence-corrected chi connectivity index (χ4v) is 3.13. The SMILES string of the molecule is CCCCCCCc1n(CC(C)C(=O)[O-])cc[n+]1Cc1ccccc1. The fraction of sp³-hybridized carbons (Fsp3) is 0.524. The highest BCUT2D eigenvalue weighted by atomic mass is 16.4. The van der Waals surface area contributed by atoms with Gasteiger partial charge in [0.2, 0.25) is 0 Å². The third kappa shape index (κ3) is 6.04. The van der Waals surface area contributed by atoms with E-state index in [1.165, 1.54) is 37.1 Å². The summed E-state index contributed by atoms with van der Waals surface area (Å²) in [7, 11) is 0. The second kappa shape index (κ2) is 10.0. The van der Waals surface area contributed by atoms with Crippen molar-refractivity contribution in [3.8, 4) is 0 Å². The monoisotopic (exact) mass is 342 g/mol. The standard InChI is InChI=1S/C21H30N2O2/c1-3-4-5-6-10-13-20-22(16-18(2)21(24)25)14-15-23(20)17-19-11-8-7-9-12-19/h7-9,11-12,14-15,18H,3-6,10,13,16-17H2,1-2H3. The number of unbranched alkanes of at least 4 members (excludes halogenated alkanes) is 4. The Bertz CT molecular complexity index is 649. The van der Waals surface area contributed by atoms with Gasteiger partial charge in [0, 0.05) is 18.3 Å². The zero-order valence-corrected chi connectivity index (χ0v) is 15.5. The van der Waals surface area contributed by atoms with Gasteiger partial charge >= 0.3 is 0 Å². The van der Waals surface area contributed by atoms with Crippen molar-refractivity contribution in [1.82, 2.24) is 4.57 Å². The number of carbonyl (C=O) groups excluding carboxylic acids is 1. The third-order valence-electron chi connectivity index (χ3n) is 4.66. The van der Waals surface area contributed by atoms with Crippen molar-refractivity contribution < 1.29 is 14.5 Å². The molecular formula is C21H30N2O2. The molecule has 136 valence electrons. The Hall–Kier alpha value is -2.10. The number of hydrogen-bond donors (Lipinski definition) is 0. The second-order valence-corrected chi connectivity index (χ2v) is 6.86. The van der Waals surface area contributed by atoms with Crippen LogP contribution in [0.3, 0.4) is 0 Å². The minimum atomic E-state index is -0.989. The van der Waals surface area contributed by atoms with Gasteiger partial charge in [-0.15, -0.1) is 0 Å². The molecule has 0 amide bonds. The van der Waals surface area contributed by atoms with Gasteiger partial charge in [-0.2, -0.15) is 0 Å². The Morgan fingerprint density at radius 3 is 2.56 bits per heavy atom. The Morgan fingerprint density at radius 2 is 1.88 bits per heavy atom. The van der Waals surface area contributed by atoms with Gasteiger partial charge in [0.15, 0.2) is 0 Å². The molecule has 0 N–H and O–H groups in total. The first-order valence-electron chi connectivity index (χ1n) is 9.44. The first-order valence-corrected chi connectivity index (χ1v) is 9.44. The van der Waals surface area contributed by atoms with Crippen molar-refractivity contribution in [2.75, 3.05) is 0 Å². The second-order valence-electron chi connectivity index (χ2n) is 6.86. The molecule has 0 spiro atoms. The van der Waals surface area contributed by atoms with E-state index in [0.29, 0.717) is 6.54 Å². The molecule has 4 heteroatoms. The number of carbonyl (C=O) groups is 1. The minimum Gasteiger partial charge on any atom is -0.550 e. The van der Waals surface area contributed by atoms with Gasteiger partial charge in [-0.1, -0.05) is 69.9 Å². The summed E-state index contributed by atoms with van der Waals surface area (Å²) in [6.07, 6.45) is 11.2. The smallest absolute Gasteiger partial charge is 0.256 e. The number of rotatable bonds is 11. The molecule has 1 aromatic heterocycles. The number of carboxylic acid groups (broad SMARTS) is 1. The summed E-state index contributed by atoms with van der Waals surface area (Å²) >= 11 is 0. The molecule has 1 aromatic carbocycles. The van der Waals surface area contributed by atoms with Crippen molar-refractivity contribution in [3.05, 3.63) is 54.1 Å². The molecule has 0 saturated carbocycles. The van der Waals surface area contributed by atoms with E-state index in [1.807, 2.05) is 12.3 Å². The molecule has 2 rings (SSSR count). The van der Waals surface area contributed by atoms with Gasteiger partial charge in [0.25, 0.3) is 5.82 Å². The van der Waals surface area contributed by atoms with Crippen molar-refractivity contribution in [2.45, 2.75) is 65.5 Å². The highest BCUT2D eigenvalue weighted by Gasteiger charge is 2.19. The van der Waals surface area contributed by atoms with Gasteiger partial charge in [-0.05, 0) is 12.0 Å². The Labute approximate surface area is 151 Å². The first-order chi connectivity index (χ1) is 12.1. The average Bonchev–Trinajstić information content (AvgIpc) is 2.97. The summed E-state index contributed by atoms with van der Waals surface area (Å²) in [6, 6.07) is 10.4. The van der Waals surface area contributed by atoms with Crippen LogP contribution >= 0.6 is 0 Å². The number of benzene rings is 1. The number of hydrogen-bond acceptors (Lipinski definition) is 2. The van der Waals surface area contributed by atoms with E-state index in [0.717, 1.165) is 19.4 Å². The third-order valence-corrected chi connectivity index (χ3v) is 4.66.